The number of hydrogen-bond acceptors (Lipinski definition) is 8. The minimum Gasteiger partial charge on any atom is -0.394 e. The summed E-state index contributed by atoms with van der Waals surface area (Å²) >= 11 is 6.33. The minimum atomic E-state index is -0.732. The fraction of sp³-hybridized carbons (Fsp3) is 0.353. The number of aromatic amines is 1. The number of aliphatic hydroxyl groups excluding tert-OH is 1. The first kappa shape index (κ1) is 33.6. The van der Waals surface area contributed by atoms with Gasteiger partial charge in [-0.15, -0.1) is 0 Å². The smallest absolute Gasteiger partial charge is 0.262 e. The van der Waals surface area contributed by atoms with Crippen molar-refractivity contribution in [2.75, 3.05) is 29.9 Å². The number of fused-ring (bicyclic) bond motifs is 1. The second kappa shape index (κ2) is 14.3. The maximum Gasteiger partial charge on any atom is 0.262 e. The van der Waals surface area contributed by atoms with Gasteiger partial charge in [-0.3, -0.25) is 19.2 Å². The van der Waals surface area contributed by atoms with E-state index in [2.05, 4.69) is 30.9 Å². The molecule has 3 heterocycles. The van der Waals surface area contributed by atoms with Crippen molar-refractivity contribution in [3.8, 4) is 0 Å². The van der Waals surface area contributed by atoms with E-state index in [9.17, 15) is 24.3 Å². The Morgan fingerprint density at radius 3 is 2.47 bits per heavy atom. The lowest BCUT2D eigenvalue weighted by Crippen LogP contribution is -2.45. The molecule has 246 valence electrons. The van der Waals surface area contributed by atoms with Gasteiger partial charge in [0.1, 0.15) is 11.2 Å². The van der Waals surface area contributed by atoms with Crippen LogP contribution in [0, 0.1) is 5.41 Å². The maximum atomic E-state index is 13.2. The molecule has 47 heavy (non-hydrogen) atoms. The lowest BCUT2D eigenvalue weighted by atomic mass is 9.91. The van der Waals surface area contributed by atoms with Crippen LogP contribution in [0.25, 0.3) is 11.0 Å². The molecule has 13 heteroatoms. The Morgan fingerprint density at radius 1 is 1.06 bits per heavy atom. The lowest BCUT2D eigenvalue weighted by molar-refractivity contribution is -0.123. The van der Waals surface area contributed by atoms with E-state index < -0.39 is 23.4 Å². The maximum absolute atomic E-state index is 13.2. The Bertz CT molecular complexity index is 1830. The molecule has 5 rings (SSSR count). The van der Waals surface area contributed by atoms with Crippen molar-refractivity contribution in [3.05, 3.63) is 92.9 Å². The zero-order valence-electron chi connectivity index (χ0n) is 26.5. The molecule has 3 amide bonds. The second-order valence-electron chi connectivity index (χ2n) is 12.8. The van der Waals surface area contributed by atoms with E-state index in [-0.39, 0.29) is 51.5 Å². The molecule has 12 nitrogen and oxygen atoms in total. The molecule has 0 saturated carbocycles. The average molecular weight is 660 g/mol. The van der Waals surface area contributed by atoms with Crippen LogP contribution in [0.4, 0.5) is 11.6 Å². The van der Waals surface area contributed by atoms with Crippen molar-refractivity contribution in [2.24, 2.45) is 5.41 Å². The van der Waals surface area contributed by atoms with Gasteiger partial charge in [0.15, 0.2) is 0 Å². The number of benzene rings is 2. The van der Waals surface area contributed by atoms with Crippen molar-refractivity contribution in [3.63, 3.8) is 0 Å². The molecule has 5 N–H and O–H groups in total. The number of hydrogen-bond donors (Lipinski definition) is 5. The number of halogens is 1. The largest absolute Gasteiger partial charge is 0.394 e. The second-order valence-corrected chi connectivity index (χ2v) is 13.2. The van der Waals surface area contributed by atoms with E-state index in [1.165, 1.54) is 24.3 Å². The van der Waals surface area contributed by atoms with Gasteiger partial charge in [-0.1, -0.05) is 62.7 Å². The molecule has 0 aliphatic carbocycles. The number of carbonyl (C=O) groups excluding carboxylic acids is 3. The van der Waals surface area contributed by atoms with E-state index in [0.717, 1.165) is 18.4 Å². The zero-order valence-corrected chi connectivity index (χ0v) is 27.2. The van der Waals surface area contributed by atoms with E-state index in [1.807, 2.05) is 43.9 Å². The van der Waals surface area contributed by atoms with E-state index in [4.69, 9.17) is 11.6 Å². The number of nitrogens with zero attached hydrogens (tertiary/aromatic N) is 3. The number of piperidine rings is 1. The van der Waals surface area contributed by atoms with Gasteiger partial charge in [0.2, 0.25) is 11.9 Å². The molecule has 0 spiro atoms. The van der Waals surface area contributed by atoms with Crippen molar-refractivity contribution < 1.29 is 19.5 Å². The Kier molecular flexibility index (Phi) is 10.2. The Hall–Kier alpha value is -4.81. The first-order valence-corrected chi connectivity index (χ1v) is 15.8. The minimum absolute atomic E-state index is 0.0471. The van der Waals surface area contributed by atoms with E-state index >= 15 is 0 Å². The van der Waals surface area contributed by atoms with Crippen LogP contribution in [0.15, 0.2) is 65.6 Å². The molecule has 4 aromatic rings. The van der Waals surface area contributed by atoms with Gasteiger partial charge in [-0.2, -0.15) is 4.98 Å². The summed E-state index contributed by atoms with van der Waals surface area (Å²) in [4.78, 5) is 65.2. The number of anilines is 2. The highest BCUT2D eigenvalue weighted by atomic mass is 35.5. The summed E-state index contributed by atoms with van der Waals surface area (Å²) in [6.45, 7) is 7.07. The summed E-state index contributed by atoms with van der Waals surface area (Å²) in [5, 5.41) is 18.9. The summed E-state index contributed by atoms with van der Waals surface area (Å²) in [7, 11) is 0. The van der Waals surface area contributed by atoms with Crippen LogP contribution in [0.3, 0.4) is 0 Å². The first-order chi connectivity index (χ1) is 22.4. The number of rotatable bonds is 9. The SMILES string of the molecule is CC(C)(C)CC(=O)NC1CCN(c2ncc3cc(C(=O)Nc4cc(C(=O)NC(CO)c5ccccc5)ccc4Cl)c(=O)[nH]c3n2)CC1. The normalized spacial score (nSPS) is 14.4. The molecule has 1 fully saturated rings. The average Bonchev–Trinajstić information content (AvgIpc) is 3.03. The number of nitrogens with one attached hydrogen (secondary N) is 4. The molecule has 2 aromatic heterocycles. The third-order valence-electron chi connectivity index (χ3n) is 7.83. The molecule has 1 aliphatic heterocycles. The third kappa shape index (κ3) is 8.52. The third-order valence-corrected chi connectivity index (χ3v) is 8.16. The highest BCUT2D eigenvalue weighted by Crippen LogP contribution is 2.25. The number of pyridine rings is 1. The number of amides is 3. The quantitative estimate of drug-likeness (QED) is 0.178. The van der Waals surface area contributed by atoms with Crippen LogP contribution < -0.4 is 26.4 Å². The molecule has 2 aromatic carbocycles. The van der Waals surface area contributed by atoms with Crippen LogP contribution in [0.1, 0.15) is 72.4 Å². The van der Waals surface area contributed by atoms with Gasteiger partial charge in [0.05, 0.1) is 23.4 Å². The Labute approximate surface area is 277 Å². The van der Waals surface area contributed by atoms with Gasteiger partial charge >= 0.3 is 0 Å². The highest BCUT2D eigenvalue weighted by molar-refractivity contribution is 6.34. The topological polar surface area (TPSA) is 169 Å². The number of carbonyl (C=O) groups is 3. The Balaban J connectivity index is 1.25. The van der Waals surface area contributed by atoms with Gasteiger partial charge in [0.25, 0.3) is 17.4 Å². The molecule has 0 radical (unpaired) electrons. The van der Waals surface area contributed by atoms with Crippen molar-refractivity contribution in [1.82, 2.24) is 25.6 Å². The Morgan fingerprint density at radius 2 is 1.79 bits per heavy atom. The highest BCUT2D eigenvalue weighted by Gasteiger charge is 2.25. The predicted molar refractivity (Wildman–Crippen MR) is 181 cm³/mol. The van der Waals surface area contributed by atoms with Crippen LogP contribution in [0.5, 0.6) is 0 Å². The fourth-order valence-electron chi connectivity index (χ4n) is 5.40. The van der Waals surface area contributed by atoms with Gasteiger partial charge in [-0.05, 0) is 48.1 Å². The fourth-order valence-corrected chi connectivity index (χ4v) is 5.57. The molecular formula is C34H38ClN7O5. The van der Waals surface area contributed by atoms with E-state index in [1.54, 1.807) is 18.3 Å². The summed E-state index contributed by atoms with van der Waals surface area (Å²) in [5.41, 5.74) is 0.433. The number of H-pyrrole nitrogens is 1. The van der Waals surface area contributed by atoms with Crippen LogP contribution in [-0.4, -0.2) is 63.5 Å². The summed E-state index contributed by atoms with van der Waals surface area (Å²) in [5.74, 6) is -0.718. The lowest BCUT2D eigenvalue weighted by Gasteiger charge is -2.33. The van der Waals surface area contributed by atoms with Crippen LogP contribution in [0.2, 0.25) is 5.02 Å². The van der Waals surface area contributed by atoms with Crippen LogP contribution >= 0.6 is 11.6 Å². The molecule has 1 atom stereocenters. The van der Waals surface area contributed by atoms with Crippen molar-refractivity contribution >= 4 is 52.0 Å². The van der Waals surface area contributed by atoms with Crippen LogP contribution in [-0.2, 0) is 4.79 Å². The monoisotopic (exact) mass is 659 g/mol. The summed E-state index contributed by atoms with van der Waals surface area (Å²) < 4.78 is 0. The number of aromatic nitrogens is 3. The zero-order chi connectivity index (χ0) is 33.7. The molecular weight excluding hydrogens is 622 g/mol. The van der Waals surface area contributed by atoms with Gasteiger partial charge in [0, 0.05) is 42.7 Å². The summed E-state index contributed by atoms with van der Waals surface area (Å²) in [6.07, 6.45) is 3.50. The van der Waals surface area contributed by atoms with Crippen molar-refractivity contribution in [2.45, 2.75) is 52.1 Å². The first-order valence-electron chi connectivity index (χ1n) is 15.4. The number of aliphatic hydroxyl groups is 1. The molecule has 1 aliphatic rings. The standard InChI is InChI=1S/C34H38ClN7O5/c1-34(2,3)17-28(44)37-23-11-13-42(14-12-23)33-36-18-22-15-24(32(47)40-29(22)41-33)31(46)38-26-16-21(9-10-25(26)35)30(45)39-27(19-43)20-7-5-4-6-8-20/h4-10,15-16,18,23,27,43H,11-14,17,19H2,1-3H3,(H,37,44)(H,38,46)(H,39,45)(H,36,40,41,47). The van der Waals surface area contributed by atoms with Gasteiger partial charge < -0.3 is 30.9 Å². The molecule has 0 bridgehead atoms. The van der Waals surface area contributed by atoms with Crippen molar-refractivity contribution in [1.29, 1.82) is 0 Å². The molecule has 1 unspecified atom stereocenters. The predicted octanol–water partition coefficient (Wildman–Crippen LogP) is 4.21. The molecule has 1 saturated heterocycles. The summed E-state index contributed by atoms with van der Waals surface area (Å²) in [6, 6.07) is 14.3. The van der Waals surface area contributed by atoms with E-state index in [0.29, 0.717) is 30.8 Å². The van der Waals surface area contributed by atoms with Gasteiger partial charge in [-0.25, -0.2) is 4.98 Å².